The molecular formula is C28H35N3O4. The predicted octanol–water partition coefficient (Wildman–Crippen LogP) is 4.81. The van der Waals surface area contributed by atoms with Crippen molar-refractivity contribution in [3.05, 3.63) is 65.2 Å². The van der Waals surface area contributed by atoms with Crippen LogP contribution >= 0.6 is 0 Å². The van der Waals surface area contributed by atoms with Crippen molar-refractivity contribution < 1.29 is 19.1 Å². The molecule has 0 spiro atoms. The summed E-state index contributed by atoms with van der Waals surface area (Å²) in [5.41, 5.74) is 2.10. The van der Waals surface area contributed by atoms with Crippen molar-refractivity contribution in [2.45, 2.75) is 72.2 Å². The number of amides is 3. The molecule has 7 heteroatoms. The third-order valence-electron chi connectivity index (χ3n) is 5.24. The van der Waals surface area contributed by atoms with Crippen molar-refractivity contribution in [3.63, 3.8) is 0 Å². The van der Waals surface area contributed by atoms with E-state index in [1.165, 1.54) is 4.90 Å². The lowest BCUT2D eigenvalue weighted by atomic mass is 9.99. The number of nitrogens with one attached hydrogen (secondary N) is 2. The summed E-state index contributed by atoms with van der Waals surface area (Å²) in [5, 5.41) is 5.54. The average molecular weight is 478 g/mol. The third kappa shape index (κ3) is 7.61. The van der Waals surface area contributed by atoms with Crippen LogP contribution in [0.15, 0.2) is 48.5 Å². The number of hydrogen-bond acceptors (Lipinski definition) is 4. The first-order valence-electron chi connectivity index (χ1n) is 11.6. The number of carbonyl (C=O) groups excluding carboxylic acids is 3. The van der Waals surface area contributed by atoms with E-state index in [0.717, 1.165) is 5.56 Å². The lowest BCUT2D eigenvalue weighted by molar-refractivity contribution is -0.142. The second-order valence-electron chi connectivity index (χ2n) is 9.68. The summed E-state index contributed by atoms with van der Waals surface area (Å²) in [4.78, 5) is 41.0. The number of hydrogen-bond donors (Lipinski definition) is 2. The highest BCUT2D eigenvalue weighted by molar-refractivity contribution is 5.99. The Hall–Kier alpha value is -3.79. The summed E-state index contributed by atoms with van der Waals surface area (Å²) < 4.78 is 5.29. The van der Waals surface area contributed by atoms with Gasteiger partial charge in [0.25, 0.3) is 5.91 Å². The standard InChI is InChI=1S/C28H35N3O4/c1-9-21-14-16-22(17-15-21)24(25(32)30-23-13-11-10-12-19(23)4)31(18(2)3)26(33)20(5)29-27(34)35-28(6,7)8/h1,10-18,20,24H,2-8H3,(H,29,34)(H,30,32). The second-order valence-corrected chi connectivity index (χ2v) is 9.68. The maximum absolute atomic E-state index is 13.6. The molecule has 0 aliphatic rings. The molecule has 0 aromatic heterocycles. The number of alkyl carbamates (subject to hydrolysis) is 1. The summed E-state index contributed by atoms with van der Waals surface area (Å²) in [6, 6.07) is 12.1. The molecule has 0 aliphatic carbocycles. The van der Waals surface area contributed by atoms with Gasteiger partial charge in [0.05, 0.1) is 0 Å². The van der Waals surface area contributed by atoms with Crippen LogP contribution in [-0.4, -0.2) is 40.5 Å². The van der Waals surface area contributed by atoms with Crippen molar-refractivity contribution in [3.8, 4) is 12.3 Å². The maximum Gasteiger partial charge on any atom is 0.408 e. The zero-order valence-electron chi connectivity index (χ0n) is 21.5. The van der Waals surface area contributed by atoms with Crippen molar-refractivity contribution in [2.24, 2.45) is 0 Å². The average Bonchev–Trinajstić information content (AvgIpc) is 2.77. The number of rotatable bonds is 7. The SMILES string of the molecule is C#Cc1ccc(C(C(=O)Nc2ccccc2C)N(C(=O)C(C)NC(=O)OC(C)(C)C)C(C)C)cc1. The first-order valence-corrected chi connectivity index (χ1v) is 11.6. The van der Waals surface area contributed by atoms with Gasteiger partial charge in [-0.25, -0.2) is 4.79 Å². The maximum atomic E-state index is 13.6. The summed E-state index contributed by atoms with van der Waals surface area (Å²) >= 11 is 0. The van der Waals surface area contributed by atoms with Crippen LogP contribution in [0.25, 0.3) is 0 Å². The predicted molar refractivity (Wildman–Crippen MR) is 138 cm³/mol. The number of aryl methyl sites for hydroxylation is 1. The van der Waals surface area contributed by atoms with E-state index in [1.807, 2.05) is 39.0 Å². The number of para-hydroxylation sites is 1. The minimum atomic E-state index is -0.961. The van der Waals surface area contributed by atoms with Gasteiger partial charge >= 0.3 is 6.09 Å². The molecule has 0 saturated carbocycles. The highest BCUT2D eigenvalue weighted by Crippen LogP contribution is 2.27. The minimum Gasteiger partial charge on any atom is -0.444 e. The van der Waals surface area contributed by atoms with Crippen LogP contribution in [0.1, 0.15) is 64.3 Å². The lowest BCUT2D eigenvalue weighted by Crippen LogP contribution is -2.53. The van der Waals surface area contributed by atoms with Crippen molar-refractivity contribution in [1.29, 1.82) is 0 Å². The monoisotopic (exact) mass is 477 g/mol. The summed E-state index contributed by atoms with van der Waals surface area (Å²) in [5.74, 6) is 1.76. The van der Waals surface area contributed by atoms with Gasteiger partial charge in [0.1, 0.15) is 17.7 Å². The first kappa shape index (κ1) is 27.5. The van der Waals surface area contributed by atoms with E-state index in [0.29, 0.717) is 16.8 Å². The minimum absolute atomic E-state index is 0.356. The number of anilines is 1. The third-order valence-corrected chi connectivity index (χ3v) is 5.24. The quantitative estimate of drug-likeness (QED) is 0.561. The van der Waals surface area contributed by atoms with Gasteiger partial charge in [-0.15, -0.1) is 6.42 Å². The molecule has 2 N–H and O–H groups in total. The Morgan fingerprint density at radius 2 is 1.60 bits per heavy atom. The highest BCUT2D eigenvalue weighted by Gasteiger charge is 2.36. The second kappa shape index (κ2) is 11.6. The molecule has 0 radical (unpaired) electrons. The summed E-state index contributed by atoms with van der Waals surface area (Å²) in [6.45, 7) is 12.3. The van der Waals surface area contributed by atoms with Gasteiger partial charge in [0.15, 0.2) is 0 Å². The topological polar surface area (TPSA) is 87.7 Å². The van der Waals surface area contributed by atoms with E-state index < -0.39 is 29.7 Å². The number of carbonyl (C=O) groups is 3. The molecule has 2 aromatic carbocycles. The molecule has 0 saturated heterocycles. The van der Waals surface area contributed by atoms with Crippen LogP contribution in [0.3, 0.4) is 0 Å². The lowest BCUT2D eigenvalue weighted by Gasteiger charge is -2.36. The van der Waals surface area contributed by atoms with E-state index in [9.17, 15) is 14.4 Å². The van der Waals surface area contributed by atoms with Crippen LogP contribution in [0.4, 0.5) is 10.5 Å². The van der Waals surface area contributed by atoms with E-state index in [4.69, 9.17) is 11.2 Å². The molecule has 3 amide bonds. The summed E-state index contributed by atoms with van der Waals surface area (Å²) in [6.07, 6.45) is 4.79. The molecule has 0 bridgehead atoms. The number of ether oxygens (including phenoxy) is 1. The molecule has 7 nitrogen and oxygen atoms in total. The van der Waals surface area contributed by atoms with E-state index in [1.54, 1.807) is 58.0 Å². The van der Waals surface area contributed by atoms with Gasteiger partial charge in [-0.3, -0.25) is 9.59 Å². The molecule has 0 aliphatic heterocycles. The Morgan fingerprint density at radius 3 is 2.11 bits per heavy atom. The molecule has 186 valence electrons. The van der Waals surface area contributed by atoms with Crippen molar-refractivity contribution in [1.82, 2.24) is 10.2 Å². The molecule has 2 aromatic rings. The molecule has 0 fully saturated rings. The molecule has 35 heavy (non-hydrogen) atoms. The van der Waals surface area contributed by atoms with Gasteiger partial charge in [-0.2, -0.15) is 0 Å². The Balaban J connectivity index is 2.44. The number of nitrogens with zero attached hydrogens (tertiary/aromatic N) is 1. The number of terminal acetylenes is 1. The van der Waals surface area contributed by atoms with Crippen molar-refractivity contribution >= 4 is 23.6 Å². The van der Waals surface area contributed by atoms with Crippen LogP contribution in [0.2, 0.25) is 0 Å². The van der Waals surface area contributed by atoms with Crippen LogP contribution in [0.5, 0.6) is 0 Å². The van der Waals surface area contributed by atoms with Gasteiger partial charge < -0.3 is 20.3 Å². The van der Waals surface area contributed by atoms with Crippen LogP contribution in [-0.2, 0) is 14.3 Å². The van der Waals surface area contributed by atoms with E-state index in [2.05, 4.69) is 16.6 Å². The summed E-state index contributed by atoms with van der Waals surface area (Å²) in [7, 11) is 0. The Bertz CT molecular complexity index is 1090. The Morgan fingerprint density at radius 1 is 1.00 bits per heavy atom. The largest absolute Gasteiger partial charge is 0.444 e. The van der Waals surface area contributed by atoms with Gasteiger partial charge in [-0.1, -0.05) is 36.3 Å². The fourth-order valence-corrected chi connectivity index (χ4v) is 3.56. The van der Waals surface area contributed by atoms with Crippen LogP contribution in [0, 0.1) is 19.3 Å². The molecule has 0 heterocycles. The zero-order chi connectivity index (χ0) is 26.3. The fraction of sp³-hybridized carbons (Fsp3) is 0.393. The first-order chi connectivity index (χ1) is 16.3. The van der Waals surface area contributed by atoms with Gasteiger partial charge in [0.2, 0.25) is 5.91 Å². The van der Waals surface area contributed by atoms with Crippen LogP contribution < -0.4 is 10.6 Å². The molecular weight excluding hydrogens is 442 g/mol. The number of benzene rings is 2. The Labute approximate surface area is 208 Å². The van der Waals surface area contributed by atoms with Crippen molar-refractivity contribution in [2.75, 3.05) is 5.32 Å². The highest BCUT2D eigenvalue weighted by atomic mass is 16.6. The van der Waals surface area contributed by atoms with E-state index in [-0.39, 0.29) is 11.9 Å². The molecule has 2 rings (SSSR count). The Kier molecular flexibility index (Phi) is 9.07. The van der Waals surface area contributed by atoms with Gasteiger partial charge in [-0.05, 0) is 77.8 Å². The normalized spacial score (nSPS) is 12.8. The zero-order valence-corrected chi connectivity index (χ0v) is 21.5. The molecule has 2 unspecified atom stereocenters. The van der Waals surface area contributed by atoms with Gasteiger partial charge in [0, 0.05) is 17.3 Å². The van der Waals surface area contributed by atoms with E-state index >= 15 is 0 Å². The smallest absolute Gasteiger partial charge is 0.408 e. The molecule has 2 atom stereocenters. The fourth-order valence-electron chi connectivity index (χ4n) is 3.56.